The Bertz CT molecular complexity index is 271. The van der Waals surface area contributed by atoms with E-state index in [1.54, 1.807) is 11.3 Å². The predicted molar refractivity (Wildman–Crippen MR) is 74.0 cm³/mol. The van der Waals surface area contributed by atoms with Gasteiger partial charge in [-0.1, -0.05) is 27.7 Å². The molecule has 0 aliphatic heterocycles. The van der Waals surface area contributed by atoms with Crippen molar-refractivity contribution in [3.8, 4) is 0 Å². The Morgan fingerprint density at radius 2 is 2.12 bits per heavy atom. The zero-order valence-corrected chi connectivity index (χ0v) is 11.9. The fourth-order valence-corrected chi connectivity index (χ4v) is 2.47. The molecule has 0 aliphatic carbocycles. The highest BCUT2D eigenvalue weighted by Gasteiger charge is 2.16. The summed E-state index contributed by atoms with van der Waals surface area (Å²) < 4.78 is 0. The van der Waals surface area contributed by atoms with Crippen LogP contribution >= 0.6 is 11.3 Å². The van der Waals surface area contributed by atoms with Gasteiger partial charge < -0.3 is 5.32 Å². The van der Waals surface area contributed by atoms with Crippen molar-refractivity contribution in [2.75, 3.05) is 6.54 Å². The van der Waals surface area contributed by atoms with Gasteiger partial charge >= 0.3 is 0 Å². The van der Waals surface area contributed by atoms with Crippen LogP contribution in [0.2, 0.25) is 0 Å². The molecule has 0 amide bonds. The van der Waals surface area contributed by atoms with Crippen molar-refractivity contribution in [2.45, 2.75) is 53.0 Å². The topological polar surface area (TPSA) is 12.0 Å². The number of hydrogen-bond acceptors (Lipinski definition) is 2. The fraction of sp³-hybridized carbons (Fsp3) is 0.714. The highest BCUT2D eigenvalue weighted by atomic mass is 32.1. The molecule has 1 nitrogen and oxygen atoms in total. The van der Waals surface area contributed by atoms with Gasteiger partial charge in [0, 0.05) is 6.04 Å². The predicted octanol–water partition coefficient (Wildman–Crippen LogP) is 4.62. The zero-order valence-electron chi connectivity index (χ0n) is 11.0. The maximum atomic E-state index is 3.65. The molecule has 1 heterocycles. The molecule has 0 bridgehead atoms. The zero-order chi connectivity index (χ0) is 12.0. The number of hydrogen-bond donors (Lipinski definition) is 1. The van der Waals surface area contributed by atoms with Gasteiger partial charge in [0.15, 0.2) is 0 Å². The third kappa shape index (κ3) is 5.13. The van der Waals surface area contributed by atoms with Crippen LogP contribution in [0.4, 0.5) is 0 Å². The summed E-state index contributed by atoms with van der Waals surface area (Å²) in [5.74, 6) is 0. The fourth-order valence-electron chi connectivity index (χ4n) is 1.76. The summed E-state index contributed by atoms with van der Waals surface area (Å²) in [6, 6.07) is 2.80. The normalized spacial score (nSPS) is 14.0. The van der Waals surface area contributed by atoms with Crippen molar-refractivity contribution in [2.24, 2.45) is 5.41 Å². The molecule has 1 aromatic rings. The lowest BCUT2D eigenvalue weighted by molar-refractivity contribution is 0.332. The number of nitrogens with one attached hydrogen (secondary N) is 1. The SMILES string of the molecule is CCCNC(CCC(C)(C)C)c1ccsc1. The smallest absolute Gasteiger partial charge is 0.0328 e. The Labute approximate surface area is 104 Å². The van der Waals surface area contributed by atoms with Crippen LogP contribution in [0.25, 0.3) is 0 Å². The minimum Gasteiger partial charge on any atom is -0.310 e. The quantitative estimate of drug-likeness (QED) is 0.764. The Kier molecular flexibility index (Phi) is 5.50. The second-order valence-corrected chi connectivity index (χ2v) is 6.44. The maximum absolute atomic E-state index is 3.65. The van der Waals surface area contributed by atoms with E-state index in [-0.39, 0.29) is 0 Å². The molecule has 0 saturated carbocycles. The van der Waals surface area contributed by atoms with E-state index < -0.39 is 0 Å². The summed E-state index contributed by atoms with van der Waals surface area (Å²) in [5, 5.41) is 8.10. The molecule has 92 valence electrons. The molecule has 1 atom stereocenters. The Balaban J connectivity index is 2.51. The van der Waals surface area contributed by atoms with Crippen LogP contribution < -0.4 is 5.32 Å². The van der Waals surface area contributed by atoms with Gasteiger partial charge in [-0.3, -0.25) is 0 Å². The average Bonchev–Trinajstić information content (AvgIpc) is 2.69. The van der Waals surface area contributed by atoms with Gasteiger partial charge in [-0.05, 0) is 53.6 Å². The summed E-state index contributed by atoms with van der Waals surface area (Å²) in [7, 11) is 0. The summed E-state index contributed by atoms with van der Waals surface area (Å²) in [6.07, 6.45) is 3.71. The standard InChI is InChI=1S/C14H25NS/c1-5-9-15-13(6-8-14(2,3)4)12-7-10-16-11-12/h7,10-11,13,15H,5-6,8-9H2,1-4H3. The first kappa shape index (κ1) is 13.7. The van der Waals surface area contributed by atoms with E-state index in [1.165, 1.54) is 24.8 Å². The average molecular weight is 239 g/mol. The van der Waals surface area contributed by atoms with Gasteiger partial charge in [0.2, 0.25) is 0 Å². The Morgan fingerprint density at radius 3 is 2.62 bits per heavy atom. The molecular weight excluding hydrogens is 214 g/mol. The molecule has 0 fully saturated rings. The third-order valence-electron chi connectivity index (χ3n) is 2.77. The molecule has 1 aromatic heterocycles. The van der Waals surface area contributed by atoms with Crippen molar-refractivity contribution in [1.82, 2.24) is 5.32 Å². The molecule has 16 heavy (non-hydrogen) atoms. The van der Waals surface area contributed by atoms with E-state index >= 15 is 0 Å². The first-order valence-corrected chi connectivity index (χ1v) is 7.22. The van der Waals surface area contributed by atoms with Crippen LogP contribution in [-0.4, -0.2) is 6.54 Å². The van der Waals surface area contributed by atoms with Crippen LogP contribution in [0, 0.1) is 5.41 Å². The van der Waals surface area contributed by atoms with Gasteiger partial charge in [0.25, 0.3) is 0 Å². The molecular formula is C14H25NS. The molecule has 2 heteroatoms. The monoisotopic (exact) mass is 239 g/mol. The molecule has 1 rings (SSSR count). The molecule has 1 unspecified atom stereocenters. The van der Waals surface area contributed by atoms with Crippen LogP contribution in [0.3, 0.4) is 0 Å². The van der Waals surface area contributed by atoms with Crippen LogP contribution in [0.15, 0.2) is 16.8 Å². The van der Waals surface area contributed by atoms with Crippen molar-refractivity contribution in [3.63, 3.8) is 0 Å². The van der Waals surface area contributed by atoms with Crippen molar-refractivity contribution < 1.29 is 0 Å². The highest BCUT2D eigenvalue weighted by molar-refractivity contribution is 7.07. The molecule has 0 spiro atoms. The van der Waals surface area contributed by atoms with E-state index in [1.807, 2.05) is 0 Å². The number of rotatable bonds is 6. The summed E-state index contributed by atoms with van der Waals surface area (Å²) in [5.41, 5.74) is 1.89. The summed E-state index contributed by atoms with van der Waals surface area (Å²) in [4.78, 5) is 0. The summed E-state index contributed by atoms with van der Waals surface area (Å²) in [6.45, 7) is 10.3. The largest absolute Gasteiger partial charge is 0.310 e. The lowest BCUT2D eigenvalue weighted by Crippen LogP contribution is -2.23. The Morgan fingerprint density at radius 1 is 1.38 bits per heavy atom. The highest BCUT2D eigenvalue weighted by Crippen LogP contribution is 2.28. The van der Waals surface area contributed by atoms with Gasteiger partial charge in [-0.25, -0.2) is 0 Å². The van der Waals surface area contributed by atoms with Crippen LogP contribution in [-0.2, 0) is 0 Å². The van der Waals surface area contributed by atoms with Gasteiger partial charge in [0.05, 0.1) is 0 Å². The first-order valence-electron chi connectivity index (χ1n) is 6.28. The Hall–Kier alpha value is -0.340. The second kappa shape index (κ2) is 6.41. The van der Waals surface area contributed by atoms with Crippen molar-refractivity contribution in [3.05, 3.63) is 22.4 Å². The lowest BCUT2D eigenvalue weighted by atomic mass is 9.87. The van der Waals surface area contributed by atoms with Crippen LogP contribution in [0.5, 0.6) is 0 Å². The minimum absolute atomic E-state index is 0.433. The first-order chi connectivity index (χ1) is 7.53. The second-order valence-electron chi connectivity index (χ2n) is 5.66. The molecule has 1 N–H and O–H groups in total. The summed E-state index contributed by atoms with van der Waals surface area (Å²) >= 11 is 1.79. The lowest BCUT2D eigenvalue weighted by Gasteiger charge is -2.23. The van der Waals surface area contributed by atoms with E-state index in [9.17, 15) is 0 Å². The minimum atomic E-state index is 0.433. The van der Waals surface area contributed by atoms with Crippen molar-refractivity contribution >= 4 is 11.3 Å². The molecule has 0 aliphatic rings. The maximum Gasteiger partial charge on any atom is 0.0328 e. The van der Waals surface area contributed by atoms with E-state index in [2.05, 4.69) is 49.8 Å². The van der Waals surface area contributed by atoms with Gasteiger partial charge in [0.1, 0.15) is 0 Å². The third-order valence-corrected chi connectivity index (χ3v) is 3.47. The van der Waals surface area contributed by atoms with E-state index in [4.69, 9.17) is 0 Å². The van der Waals surface area contributed by atoms with Gasteiger partial charge in [-0.15, -0.1) is 0 Å². The van der Waals surface area contributed by atoms with Crippen molar-refractivity contribution in [1.29, 1.82) is 0 Å². The molecule has 0 saturated heterocycles. The molecule has 0 radical (unpaired) electrons. The molecule has 0 aromatic carbocycles. The van der Waals surface area contributed by atoms with Crippen LogP contribution in [0.1, 0.15) is 58.6 Å². The van der Waals surface area contributed by atoms with E-state index in [0.717, 1.165) is 6.54 Å². The number of thiophene rings is 1. The van der Waals surface area contributed by atoms with E-state index in [0.29, 0.717) is 11.5 Å². The van der Waals surface area contributed by atoms with Gasteiger partial charge in [-0.2, -0.15) is 11.3 Å².